The minimum Gasteiger partial charge on any atom is -0.497 e. The molecule has 0 radical (unpaired) electrons. The number of alkyl carbamates (subject to hydrolysis) is 1. The monoisotopic (exact) mass is 552 g/mol. The van der Waals surface area contributed by atoms with Gasteiger partial charge in [-0.1, -0.05) is 19.8 Å². The summed E-state index contributed by atoms with van der Waals surface area (Å²) < 4.78 is 17.5. The maximum absolute atomic E-state index is 13.6. The van der Waals surface area contributed by atoms with E-state index in [0.717, 1.165) is 43.3 Å². The zero-order valence-corrected chi connectivity index (χ0v) is 23.4. The number of nitrogens with zero attached hydrogens (tertiary/aromatic N) is 3. The molecular formula is C29H38N5O6+. The van der Waals surface area contributed by atoms with Crippen molar-refractivity contribution in [3.63, 3.8) is 0 Å². The van der Waals surface area contributed by atoms with Gasteiger partial charge in [0, 0.05) is 12.0 Å². The Labute approximate surface area is 233 Å². The van der Waals surface area contributed by atoms with Crippen LogP contribution in [0.15, 0.2) is 18.2 Å². The minimum absolute atomic E-state index is 0.116. The third-order valence-corrected chi connectivity index (χ3v) is 8.27. The summed E-state index contributed by atoms with van der Waals surface area (Å²) in [6, 6.07) is 3.86. The van der Waals surface area contributed by atoms with Gasteiger partial charge >= 0.3 is 12.0 Å². The largest absolute Gasteiger partial charge is 0.497 e. The molecule has 3 amide bonds. The van der Waals surface area contributed by atoms with Crippen molar-refractivity contribution in [2.24, 2.45) is 11.8 Å². The van der Waals surface area contributed by atoms with Crippen molar-refractivity contribution >= 4 is 35.7 Å². The highest BCUT2D eigenvalue weighted by molar-refractivity contribution is 5.89. The summed E-state index contributed by atoms with van der Waals surface area (Å²) in [7, 11) is 1.60. The Morgan fingerprint density at radius 3 is 2.75 bits per heavy atom. The number of aromatic nitrogens is 2. The molecule has 1 aliphatic carbocycles. The molecule has 3 aliphatic rings. The molecule has 3 heterocycles. The minimum atomic E-state index is -0.886. The Hall–Kier alpha value is -3.76. The van der Waals surface area contributed by atoms with Crippen LogP contribution in [0.2, 0.25) is 0 Å². The molecule has 0 unspecified atom stereocenters. The number of benzene rings is 1. The van der Waals surface area contributed by atoms with E-state index in [1.807, 2.05) is 25.1 Å². The number of carbonyl (C=O) groups excluding carboxylic acids is 3. The number of nitrogens with one attached hydrogen (secondary N) is 2. The SMILES string of the molecule is C=[NH+]C(=O)[C@@H]1[C@H](CC)[C@@H]2CN1C(=O)[C@H](C)NC(=O)O[C@@H]1C[C@H]1CCCCCc1nc3ccc(OC)cc3nc1O2. The highest BCUT2D eigenvalue weighted by Crippen LogP contribution is 2.38. The molecule has 2 fully saturated rings. The van der Waals surface area contributed by atoms with E-state index in [0.29, 0.717) is 35.9 Å². The topological polar surface area (TPSA) is 134 Å². The molecule has 2 bridgehead atoms. The Bertz CT molecular complexity index is 1300. The van der Waals surface area contributed by atoms with Crippen LogP contribution in [0.25, 0.3) is 11.0 Å². The number of aryl methyl sites for hydroxylation is 1. The van der Waals surface area contributed by atoms with E-state index in [1.54, 1.807) is 14.0 Å². The fourth-order valence-electron chi connectivity index (χ4n) is 5.94. The summed E-state index contributed by atoms with van der Waals surface area (Å²) in [4.78, 5) is 52.8. The van der Waals surface area contributed by atoms with Crippen LogP contribution in [0.5, 0.6) is 11.6 Å². The number of rotatable bonds is 3. The highest BCUT2D eigenvalue weighted by Gasteiger charge is 2.51. The van der Waals surface area contributed by atoms with Crippen LogP contribution in [-0.2, 0) is 20.7 Å². The average Bonchev–Trinajstić information content (AvgIpc) is 3.58. The Morgan fingerprint density at radius 1 is 1.18 bits per heavy atom. The summed E-state index contributed by atoms with van der Waals surface area (Å²) in [5, 5.41) is 2.66. The van der Waals surface area contributed by atoms with Crippen molar-refractivity contribution in [2.45, 2.75) is 83.1 Å². The van der Waals surface area contributed by atoms with Crippen LogP contribution >= 0.6 is 0 Å². The fourth-order valence-corrected chi connectivity index (χ4v) is 5.94. The van der Waals surface area contributed by atoms with Crippen molar-refractivity contribution in [3.8, 4) is 11.6 Å². The highest BCUT2D eigenvalue weighted by atomic mass is 16.6. The first-order valence-corrected chi connectivity index (χ1v) is 14.2. The van der Waals surface area contributed by atoms with Crippen LogP contribution in [0.3, 0.4) is 0 Å². The zero-order valence-electron chi connectivity index (χ0n) is 23.4. The zero-order chi connectivity index (χ0) is 28.4. The molecule has 11 heteroatoms. The average molecular weight is 553 g/mol. The molecule has 1 saturated heterocycles. The summed E-state index contributed by atoms with van der Waals surface area (Å²) in [6.07, 6.45) is 4.76. The number of ether oxygens (including phenoxy) is 3. The van der Waals surface area contributed by atoms with Gasteiger partial charge in [-0.3, -0.25) is 4.79 Å². The predicted octanol–water partition coefficient (Wildman–Crippen LogP) is 1.55. The molecule has 2 aliphatic heterocycles. The van der Waals surface area contributed by atoms with Crippen molar-refractivity contribution in [3.05, 3.63) is 23.9 Å². The van der Waals surface area contributed by atoms with Crippen LogP contribution in [-0.4, -0.2) is 77.4 Å². The molecule has 2 aromatic rings. The lowest BCUT2D eigenvalue weighted by Crippen LogP contribution is -2.77. The van der Waals surface area contributed by atoms with Crippen molar-refractivity contribution in [1.82, 2.24) is 20.2 Å². The van der Waals surface area contributed by atoms with Crippen molar-refractivity contribution in [1.29, 1.82) is 0 Å². The van der Waals surface area contributed by atoms with Gasteiger partial charge < -0.3 is 24.4 Å². The molecule has 1 aromatic heterocycles. The second kappa shape index (κ2) is 11.8. The number of hydrogen-bond acceptors (Lipinski definition) is 8. The maximum atomic E-state index is 13.6. The first-order chi connectivity index (χ1) is 19.3. The smallest absolute Gasteiger partial charge is 0.408 e. The Kier molecular flexibility index (Phi) is 8.18. The predicted molar refractivity (Wildman–Crippen MR) is 146 cm³/mol. The molecular weight excluding hydrogens is 514 g/mol. The van der Waals surface area contributed by atoms with E-state index in [-0.39, 0.29) is 24.5 Å². The molecule has 6 atom stereocenters. The van der Waals surface area contributed by atoms with E-state index in [4.69, 9.17) is 24.2 Å². The van der Waals surface area contributed by atoms with Crippen molar-refractivity contribution < 1.29 is 33.6 Å². The molecule has 2 N–H and O–H groups in total. The van der Waals surface area contributed by atoms with Gasteiger partial charge in [0.05, 0.1) is 24.7 Å². The lowest BCUT2D eigenvalue weighted by molar-refractivity contribution is -0.373. The first kappa shape index (κ1) is 27.8. The fraction of sp³-hybridized carbons (Fsp3) is 0.586. The quantitative estimate of drug-likeness (QED) is 0.548. The van der Waals surface area contributed by atoms with Crippen LogP contribution < -0.4 is 19.8 Å². The van der Waals surface area contributed by atoms with Gasteiger partial charge in [-0.2, -0.15) is 4.99 Å². The Morgan fingerprint density at radius 2 is 2.00 bits per heavy atom. The third kappa shape index (κ3) is 5.73. The molecule has 11 nitrogen and oxygen atoms in total. The van der Waals surface area contributed by atoms with Crippen molar-refractivity contribution in [2.75, 3.05) is 13.7 Å². The van der Waals surface area contributed by atoms with Gasteiger partial charge in [-0.15, -0.1) is 0 Å². The first-order valence-electron chi connectivity index (χ1n) is 14.2. The summed E-state index contributed by atoms with van der Waals surface area (Å²) in [5.41, 5.74) is 2.14. The molecule has 214 valence electrons. The van der Waals surface area contributed by atoms with Crippen LogP contribution in [0, 0.1) is 11.8 Å². The number of amides is 3. The van der Waals surface area contributed by atoms with E-state index >= 15 is 0 Å². The second-order valence-corrected chi connectivity index (χ2v) is 10.9. The summed E-state index contributed by atoms with van der Waals surface area (Å²) in [6.45, 7) is 7.25. The summed E-state index contributed by atoms with van der Waals surface area (Å²) >= 11 is 0. The Balaban J connectivity index is 1.51. The third-order valence-electron chi connectivity index (χ3n) is 8.27. The molecule has 5 rings (SSSR count). The molecule has 1 saturated carbocycles. The van der Waals surface area contributed by atoms with Gasteiger partial charge in [0.25, 0.3) is 0 Å². The number of methoxy groups -OCH3 is 1. The lowest BCUT2D eigenvalue weighted by Gasteiger charge is -2.25. The van der Waals surface area contributed by atoms with E-state index in [9.17, 15) is 14.4 Å². The standard InChI is InChI=1S/C29H37N5O6/c1-5-19-24-15-34(25(19)26(35)30-3)28(36)16(2)31-29(37)40-23-13-17(23)9-7-6-8-10-21-27(39-24)33-22-14-18(38-4)11-12-20(22)32-21/h11-12,14,16-17,19,23-25H,3,5-10,13,15H2,1-2,4H3,(H,31,37)/p+1/t16-,17+,19+,23+,24-,25-/m0/s1. The maximum Gasteiger partial charge on any atom is 0.408 e. The van der Waals surface area contributed by atoms with Gasteiger partial charge in [-0.05, 0) is 57.1 Å². The molecule has 1 aromatic carbocycles. The molecule has 0 spiro atoms. The normalized spacial score (nSPS) is 29.1. The van der Waals surface area contributed by atoms with Gasteiger partial charge in [0.2, 0.25) is 11.8 Å². The molecule has 40 heavy (non-hydrogen) atoms. The van der Waals surface area contributed by atoms with E-state index < -0.39 is 30.2 Å². The van der Waals surface area contributed by atoms with E-state index in [2.05, 4.69) is 17.0 Å². The van der Waals surface area contributed by atoms with Crippen LogP contribution in [0.4, 0.5) is 4.79 Å². The van der Waals surface area contributed by atoms with Crippen LogP contribution in [0.1, 0.15) is 58.1 Å². The second-order valence-electron chi connectivity index (χ2n) is 10.9. The van der Waals surface area contributed by atoms with Gasteiger partial charge in [0.1, 0.15) is 36.4 Å². The number of hydrogen-bond donors (Lipinski definition) is 2. The number of carbonyl (C=O) groups is 3. The van der Waals surface area contributed by atoms with Gasteiger partial charge in [-0.25, -0.2) is 19.6 Å². The van der Waals surface area contributed by atoms with Gasteiger partial charge in [0.15, 0.2) is 6.04 Å². The lowest BCUT2D eigenvalue weighted by atomic mass is 9.94. The summed E-state index contributed by atoms with van der Waals surface area (Å²) in [5.74, 6) is 0.317. The number of fused-ring (bicyclic) bond motifs is 5. The van der Waals surface area contributed by atoms with E-state index in [1.165, 1.54) is 4.90 Å².